The van der Waals surface area contributed by atoms with E-state index >= 15 is 0 Å². The van der Waals surface area contributed by atoms with E-state index in [-0.39, 0.29) is 5.63 Å². The highest BCUT2D eigenvalue weighted by molar-refractivity contribution is 6.30. The largest absolute Gasteiger partial charge is 0.478 e. The third-order valence-electron chi connectivity index (χ3n) is 5.26. The molecule has 0 unspecified atom stereocenters. The van der Waals surface area contributed by atoms with Gasteiger partial charge in [-0.25, -0.2) is 4.79 Å². The Labute approximate surface area is 166 Å². The summed E-state index contributed by atoms with van der Waals surface area (Å²) in [5.74, 6) is 0.786. The summed E-state index contributed by atoms with van der Waals surface area (Å²) in [5, 5.41) is 3.20. The van der Waals surface area contributed by atoms with Crippen LogP contribution in [0.5, 0.6) is 5.75 Å². The Bertz CT molecular complexity index is 1230. The van der Waals surface area contributed by atoms with Gasteiger partial charge in [0, 0.05) is 23.5 Å². The van der Waals surface area contributed by atoms with Gasteiger partial charge in [0.05, 0.1) is 10.9 Å². The van der Waals surface area contributed by atoms with E-state index in [1.807, 2.05) is 54.6 Å². The van der Waals surface area contributed by atoms with E-state index in [4.69, 9.17) is 20.8 Å². The fourth-order valence-electron chi connectivity index (χ4n) is 3.78. The third-order valence-corrected chi connectivity index (χ3v) is 5.52. The van der Waals surface area contributed by atoms with Crippen molar-refractivity contribution in [1.82, 2.24) is 4.90 Å². The average molecular weight is 392 g/mol. The van der Waals surface area contributed by atoms with Crippen molar-refractivity contribution in [3.63, 3.8) is 0 Å². The fraction of sp³-hybridized carbons (Fsp3) is 0.174. The molecule has 1 aromatic heterocycles. The molecule has 1 aliphatic heterocycles. The van der Waals surface area contributed by atoms with Gasteiger partial charge in [-0.2, -0.15) is 0 Å². The molecular weight excluding hydrogens is 374 g/mol. The second-order valence-electron chi connectivity index (χ2n) is 7.06. The minimum atomic E-state index is -0.310. The van der Waals surface area contributed by atoms with Crippen molar-refractivity contribution in [2.45, 2.75) is 13.0 Å². The van der Waals surface area contributed by atoms with Crippen molar-refractivity contribution in [3.8, 4) is 5.75 Å². The smallest absolute Gasteiger partial charge is 0.344 e. The number of nitrogens with zero attached hydrogens (tertiary/aromatic N) is 1. The quantitative estimate of drug-likeness (QED) is 0.364. The van der Waals surface area contributed by atoms with Crippen LogP contribution in [0, 0.1) is 0 Å². The first-order chi connectivity index (χ1) is 13.7. The van der Waals surface area contributed by atoms with Crippen LogP contribution in [0.4, 0.5) is 0 Å². The molecule has 140 valence electrons. The molecule has 0 atom stereocenters. The second-order valence-corrected chi connectivity index (χ2v) is 7.49. The second kappa shape index (κ2) is 6.97. The van der Waals surface area contributed by atoms with E-state index in [0.717, 1.165) is 40.1 Å². The summed E-state index contributed by atoms with van der Waals surface area (Å²) in [7, 11) is 0. The van der Waals surface area contributed by atoms with Gasteiger partial charge in [0.1, 0.15) is 18.1 Å². The van der Waals surface area contributed by atoms with E-state index in [9.17, 15) is 4.79 Å². The van der Waals surface area contributed by atoms with Crippen LogP contribution in [0.1, 0.15) is 11.1 Å². The molecule has 1 aliphatic rings. The SMILES string of the molecule is O=c1oc2c3c(ccc2c2ccccc12)OCN(CCc1ccc(Cl)cc1)C3. The molecule has 0 fully saturated rings. The normalized spacial score (nSPS) is 14.2. The van der Waals surface area contributed by atoms with Crippen LogP contribution < -0.4 is 10.4 Å². The Hall–Kier alpha value is -2.82. The summed E-state index contributed by atoms with van der Waals surface area (Å²) in [6.45, 7) is 2.04. The Balaban J connectivity index is 1.48. The van der Waals surface area contributed by atoms with Crippen LogP contribution in [-0.4, -0.2) is 18.2 Å². The van der Waals surface area contributed by atoms with Gasteiger partial charge in [-0.05, 0) is 47.7 Å². The maximum Gasteiger partial charge on any atom is 0.344 e. The lowest BCUT2D eigenvalue weighted by Crippen LogP contribution is -2.33. The van der Waals surface area contributed by atoms with Crippen LogP contribution in [-0.2, 0) is 13.0 Å². The molecule has 5 heteroatoms. The molecule has 0 aliphatic carbocycles. The lowest BCUT2D eigenvalue weighted by molar-refractivity contribution is 0.0968. The van der Waals surface area contributed by atoms with Crippen molar-refractivity contribution in [2.75, 3.05) is 13.3 Å². The van der Waals surface area contributed by atoms with E-state index in [0.29, 0.717) is 24.2 Å². The number of halogens is 1. The summed E-state index contributed by atoms with van der Waals surface area (Å²) in [6.07, 6.45) is 0.896. The van der Waals surface area contributed by atoms with E-state index in [1.165, 1.54) is 5.56 Å². The van der Waals surface area contributed by atoms with E-state index in [2.05, 4.69) is 4.90 Å². The minimum absolute atomic E-state index is 0.310. The van der Waals surface area contributed by atoms with Crippen LogP contribution in [0.15, 0.2) is 69.9 Å². The molecule has 5 rings (SSSR count). The van der Waals surface area contributed by atoms with Gasteiger partial charge in [-0.15, -0.1) is 0 Å². The lowest BCUT2D eigenvalue weighted by atomic mass is 10.0. The van der Waals surface area contributed by atoms with E-state index < -0.39 is 0 Å². The number of rotatable bonds is 3. The summed E-state index contributed by atoms with van der Waals surface area (Å²) >= 11 is 5.96. The first-order valence-electron chi connectivity index (χ1n) is 9.26. The zero-order chi connectivity index (χ0) is 19.1. The highest BCUT2D eigenvalue weighted by atomic mass is 35.5. The topological polar surface area (TPSA) is 42.7 Å². The molecule has 2 heterocycles. The molecule has 3 aromatic carbocycles. The van der Waals surface area contributed by atoms with Crippen LogP contribution in [0.2, 0.25) is 5.02 Å². The summed E-state index contributed by atoms with van der Waals surface area (Å²) in [5.41, 5.74) is 2.47. The standard InChI is InChI=1S/C23H18ClNO3/c24-16-7-5-15(6-8-16)11-12-25-13-20-21(27-14-25)10-9-18-17-3-1-2-4-19(17)23(26)28-22(18)20/h1-10H,11-14H2. The molecule has 4 aromatic rings. The number of hydrogen-bond donors (Lipinski definition) is 0. The fourth-order valence-corrected chi connectivity index (χ4v) is 3.90. The van der Waals surface area contributed by atoms with Crippen molar-refractivity contribution in [1.29, 1.82) is 0 Å². The van der Waals surface area contributed by atoms with Crippen molar-refractivity contribution >= 4 is 33.3 Å². The Kier molecular flexibility index (Phi) is 4.30. The van der Waals surface area contributed by atoms with Crippen LogP contribution in [0.25, 0.3) is 21.7 Å². The number of benzene rings is 3. The van der Waals surface area contributed by atoms with Gasteiger partial charge in [0.25, 0.3) is 0 Å². The lowest BCUT2D eigenvalue weighted by Gasteiger charge is -2.29. The molecule has 0 N–H and O–H groups in total. The Morgan fingerprint density at radius 2 is 1.71 bits per heavy atom. The number of ether oxygens (including phenoxy) is 1. The first kappa shape index (κ1) is 17.3. The average Bonchev–Trinajstić information content (AvgIpc) is 2.73. The van der Waals surface area contributed by atoms with Crippen molar-refractivity contribution in [2.24, 2.45) is 0 Å². The summed E-state index contributed by atoms with van der Waals surface area (Å²) in [6, 6.07) is 19.4. The maximum atomic E-state index is 12.5. The first-order valence-corrected chi connectivity index (χ1v) is 9.64. The third kappa shape index (κ3) is 3.05. The monoisotopic (exact) mass is 391 g/mol. The van der Waals surface area contributed by atoms with Gasteiger partial charge < -0.3 is 9.15 Å². The highest BCUT2D eigenvalue weighted by Gasteiger charge is 2.22. The minimum Gasteiger partial charge on any atom is -0.478 e. The van der Waals surface area contributed by atoms with Crippen LogP contribution >= 0.6 is 11.6 Å². The predicted molar refractivity (Wildman–Crippen MR) is 111 cm³/mol. The highest BCUT2D eigenvalue weighted by Crippen LogP contribution is 2.34. The number of hydrogen-bond acceptors (Lipinski definition) is 4. The van der Waals surface area contributed by atoms with Gasteiger partial charge >= 0.3 is 5.63 Å². The number of fused-ring (bicyclic) bond motifs is 5. The van der Waals surface area contributed by atoms with Gasteiger partial charge in [-0.3, -0.25) is 4.90 Å². The molecule has 28 heavy (non-hydrogen) atoms. The Morgan fingerprint density at radius 3 is 2.54 bits per heavy atom. The summed E-state index contributed by atoms with van der Waals surface area (Å²) < 4.78 is 11.7. The predicted octanol–water partition coefficient (Wildman–Crippen LogP) is 4.99. The molecular formula is C23H18ClNO3. The van der Waals surface area contributed by atoms with Gasteiger partial charge in [0.15, 0.2) is 0 Å². The molecule has 0 spiro atoms. The molecule has 0 saturated carbocycles. The molecule has 0 saturated heterocycles. The molecule has 4 nitrogen and oxygen atoms in total. The van der Waals surface area contributed by atoms with Crippen molar-refractivity contribution < 1.29 is 9.15 Å². The molecule has 0 bridgehead atoms. The van der Waals surface area contributed by atoms with Gasteiger partial charge in [-0.1, -0.05) is 41.9 Å². The van der Waals surface area contributed by atoms with E-state index in [1.54, 1.807) is 6.07 Å². The maximum absolute atomic E-state index is 12.5. The Morgan fingerprint density at radius 1 is 0.929 bits per heavy atom. The summed E-state index contributed by atoms with van der Waals surface area (Å²) in [4.78, 5) is 14.7. The molecule has 0 amide bonds. The van der Waals surface area contributed by atoms with Gasteiger partial charge in [0.2, 0.25) is 0 Å². The zero-order valence-electron chi connectivity index (χ0n) is 15.2. The molecule has 0 radical (unpaired) electrons. The zero-order valence-corrected chi connectivity index (χ0v) is 15.9. The van der Waals surface area contributed by atoms with Crippen LogP contribution in [0.3, 0.4) is 0 Å². The van der Waals surface area contributed by atoms with Crippen molar-refractivity contribution in [3.05, 3.63) is 87.2 Å².